The molecule has 0 bridgehead atoms. The number of hydrazone groups is 1. The Morgan fingerprint density at radius 2 is 2.30 bits per heavy atom. The molecule has 1 saturated heterocycles. The Hall–Kier alpha value is -1.79. The van der Waals surface area contributed by atoms with Crippen molar-refractivity contribution in [3.8, 4) is 0 Å². The van der Waals surface area contributed by atoms with Gasteiger partial charge in [-0.1, -0.05) is 6.92 Å². The van der Waals surface area contributed by atoms with E-state index < -0.39 is 0 Å². The maximum Gasteiger partial charge on any atom is 0.240 e. The van der Waals surface area contributed by atoms with Crippen molar-refractivity contribution in [2.24, 2.45) is 11.0 Å². The van der Waals surface area contributed by atoms with E-state index in [2.05, 4.69) is 15.5 Å². The summed E-state index contributed by atoms with van der Waals surface area (Å²) < 4.78 is 10.6. The second-order valence-corrected chi connectivity index (χ2v) is 4.58. The number of aromatic nitrogens is 1. The number of carbonyl (C=O) groups excluding carboxylic acids is 1. The fraction of sp³-hybridized carbons (Fsp3) is 0.500. The van der Waals surface area contributed by atoms with Crippen molar-refractivity contribution < 1.29 is 14.3 Å². The minimum Gasteiger partial charge on any atom is -0.355 e. The van der Waals surface area contributed by atoms with E-state index in [0.29, 0.717) is 26.4 Å². The van der Waals surface area contributed by atoms with E-state index in [1.54, 1.807) is 12.4 Å². The van der Waals surface area contributed by atoms with Gasteiger partial charge in [0.15, 0.2) is 0 Å². The highest BCUT2D eigenvalue weighted by Crippen LogP contribution is 2.14. The van der Waals surface area contributed by atoms with Crippen molar-refractivity contribution in [3.05, 3.63) is 30.1 Å². The molecule has 1 fully saturated rings. The zero-order valence-corrected chi connectivity index (χ0v) is 11.5. The highest BCUT2D eigenvalue weighted by atomic mass is 16.7. The van der Waals surface area contributed by atoms with Gasteiger partial charge in [-0.3, -0.25) is 9.78 Å². The predicted molar refractivity (Wildman–Crippen MR) is 74.1 cm³/mol. The smallest absolute Gasteiger partial charge is 0.240 e. The second kappa shape index (κ2) is 7.72. The van der Waals surface area contributed by atoms with Gasteiger partial charge in [-0.05, 0) is 18.6 Å². The van der Waals surface area contributed by atoms with Gasteiger partial charge in [0.25, 0.3) is 0 Å². The molecule has 0 aromatic carbocycles. The molecule has 0 radical (unpaired) electrons. The predicted octanol–water partition coefficient (Wildman–Crippen LogP) is 1.32. The number of hydrogen-bond acceptors (Lipinski definition) is 5. The number of hydrogen-bond donors (Lipinski definition) is 1. The Kier molecular flexibility index (Phi) is 5.64. The second-order valence-electron chi connectivity index (χ2n) is 4.58. The van der Waals surface area contributed by atoms with Crippen LogP contribution in [0.15, 0.2) is 29.6 Å². The number of amides is 1. The van der Waals surface area contributed by atoms with Crippen molar-refractivity contribution in [3.63, 3.8) is 0 Å². The Balaban J connectivity index is 2.15. The van der Waals surface area contributed by atoms with Crippen molar-refractivity contribution in [2.45, 2.75) is 19.8 Å². The van der Waals surface area contributed by atoms with Gasteiger partial charge >= 0.3 is 0 Å². The van der Waals surface area contributed by atoms with Gasteiger partial charge < -0.3 is 9.47 Å². The Labute approximate surface area is 118 Å². The fourth-order valence-corrected chi connectivity index (χ4v) is 1.96. The molecule has 1 aromatic rings. The van der Waals surface area contributed by atoms with E-state index in [9.17, 15) is 4.79 Å². The van der Waals surface area contributed by atoms with Crippen LogP contribution in [-0.2, 0) is 14.3 Å². The highest BCUT2D eigenvalue weighted by Gasteiger charge is 2.22. The quantitative estimate of drug-likeness (QED) is 0.651. The first-order chi connectivity index (χ1) is 9.81. The van der Waals surface area contributed by atoms with Crippen molar-refractivity contribution in [1.82, 2.24) is 10.4 Å². The molecule has 0 unspecified atom stereocenters. The van der Waals surface area contributed by atoms with Gasteiger partial charge in [-0.15, -0.1) is 0 Å². The first kappa shape index (κ1) is 14.6. The van der Waals surface area contributed by atoms with Gasteiger partial charge in [0.05, 0.1) is 24.8 Å². The molecule has 2 rings (SSSR count). The lowest BCUT2D eigenvalue weighted by Crippen LogP contribution is -2.33. The van der Waals surface area contributed by atoms with Crippen LogP contribution in [0.2, 0.25) is 0 Å². The fourth-order valence-electron chi connectivity index (χ4n) is 1.96. The maximum absolute atomic E-state index is 11.6. The first-order valence-corrected chi connectivity index (χ1v) is 6.73. The van der Waals surface area contributed by atoms with E-state index in [1.807, 2.05) is 19.1 Å². The van der Waals surface area contributed by atoms with Crippen LogP contribution >= 0.6 is 0 Å². The van der Waals surface area contributed by atoms with Gasteiger partial charge in [0, 0.05) is 24.4 Å². The average Bonchev–Trinajstić information content (AvgIpc) is 2.50. The summed E-state index contributed by atoms with van der Waals surface area (Å²) in [4.78, 5) is 15.7. The molecule has 0 saturated carbocycles. The third-order valence-corrected chi connectivity index (χ3v) is 2.93. The Morgan fingerprint density at radius 1 is 1.50 bits per heavy atom. The van der Waals surface area contributed by atoms with Gasteiger partial charge in [0.1, 0.15) is 6.79 Å². The minimum atomic E-state index is -0.0912. The molecule has 1 amide bonds. The summed E-state index contributed by atoms with van der Waals surface area (Å²) in [7, 11) is 0. The standard InChI is InChI=1S/C14H19N3O3/c1-2-4-13(18)16-17-14(11-5-3-6-15-7-11)12-8-19-10-20-9-12/h3,5-7,12H,2,4,8-10H2,1H3,(H,16,18). The van der Waals surface area contributed by atoms with E-state index in [0.717, 1.165) is 17.7 Å². The summed E-state index contributed by atoms with van der Waals surface area (Å²) in [6.07, 6.45) is 4.67. The normalized spacial score (nSPS) is 16.9. The zero-order chi connectivity index (χ0) is 14.2. The molecule has 1 aromatic heterocycles. The van der Waals surface area contributed by atoms with Gasteiger partial charge in [-0.2, -0.15) is 5.10 Å². The molecular formula is C14H19N3O3. The van der Waals surface area contributed by atoms with Crippen molar-refractivity contribution >= 4 is 11.6 Å². The molecule has 0 aliphatic carbocycles. The summed E-state index contributed by atoms with van der Waals surface area (Å²) in [6, 6.07) is 3.75. The summed E-state index contributed by atoms with van der Waals surface area (Å²) >= 11 is 0. The van der Waals surface area contributed by atoms with Crippen LogP contribution in [0.5, 0.6) is 0 Å². The topological polar surface area (TPSA) is 72.8 Å². The lowest BCUT2D eigenvalue weighted by Gasteiger charge is -2.23. The third-order valence-electron chi connectivity index (χ3n) is 2.93. The Bertz CT molecular complexity index is 456. The number of ether oxygens (including phenoxy) is 2. The molecule has 0 spiro atoms. The van der Waals surface area contributed by atoms with E-state index in [-0.39, 0.29) is 11.8 Å². The first-order valence-electron chi connectivity index (χ1n) is 6.73. The van der Waals surface area contributed by atoms with E-state index >= 15 is 0 Å². The number of pyridine rings is 1. The average molecular weight is 277 g/mol. The number of carbonyl (C=O) groups is 1. The molecule has 1 N–H and O–H groups in total. The highest BCUT2D eigenvalue weighted by molar-refractivity contribution is 6.02. The lowest BCUT2D eigenvalue weighted by atomic mass is 9.99. The van der Waals surface area contributed by atoms with E-state index in [1.165, 1.54) is 0 Å². The van der Waals surface area contributed by atoms with Crippen LogP contribution in [0.3, 0.4) is 0 Å². The molecule has 20 heavy (non-hydrogen) atoms. The summed E-state index contributed by atoms with van der Waals surface area (Å²) in [6.45, 7) is 3.31. The number of nitrogens with zero attached hydrogens (tertiary/aromatic N) is 2. The van der Waals surface area contributed by atoms with E-state index in [4.69, 9.17) is 9.47 Å². The van der Waals surface area contributed by atoms with Crippen LogP contribution in [-0.4, -0.2) is 36.6 Å². The van der Waals surface area contributed by atoms with Crippen LogP contribution in [0.1, 0.15) is 25.3 Å². The summed E-state index contributed by atoms with van der Waals surface area (Å²) in [5.74, 6) is -0.0959. The van der Waals surface area contributed by atoms with Crippen molar-refractivity contribution in [2.75, 3.05) is 20.0 Å². The molecule has 2 heterocycles. The van der Waals surface area contributed by atoms with Crippen LogP contribution < -0.4 is 5.43 Å². The molecule has 6 nitrogen and oxygen atoms in total. The maximum atomic E-state index is 11.6. The Morgan fingerprint density at radius 3 is 2.95 bits per heavy atom. The van der Waals surface area contributed by atoms with Crippen molar-refractivity contribution in [1.29, 1.82) is 0 Å². The molecule has 6 heteroatoms. The summed E-state index contributed by atoms with van der Waals surface area (Å²) in [5, 5.41) is 4.25. The van der Waals surface area contributed by atoms with Crippen LogP contribution in [0.4, 0.5) is 0 Å². The third kappa shape index (κ3) is 4.11. The monoisotopic (exact) mass is 277 g/mol. The lowest BCUT2D eigenvalue weighted by molar-refractivity contribution is -0.121. The minimum absolute atomic E-state index is 0.00474. The molecule has 1 aliphatic rings. The van der Waals surface area contributed by atoms with Crippen LogP contribution in [0.25, 0.3) is 0 Å². The summed E-state index contributed by atoms with van der Waals surface area (Å²) in [5.41, 5.74) is 4.19. The van der Waals surface area contributed by atoms with Gasteiger partial charge in [-0.25, -0.2) is 5.43 Å². The zero-order valence-electron chi connectivity index (χ0n) is 11.5. The van der Waals surface area contributed by atoms with Gasteiger partial charge in [0.2, 0.25) is 5.91 Å². The number of rotatable bonds is 5. The van der Waals surface area contributed by atoms with Crippen LogP contribution in [0, 0.1) is 5.92 Å². The molecule has 108 valence electrons. The largest absolute Gasteiger partial charge is 0.355 e. The number of nitrogens with one attached hydrogen (secondary N) is 1. The SMILES string of the molecule is CCCC(=O)NN=C(c1cccnc1)C1COCOC1. The molecule has 0 atom stereocenters. The molecular weight excluding hydrogens is 258 g/mol. The molecule has 1 aliphatic heterocycles.